The molecule has 0 radical (unpaired) electrons. The van der Waals surface area contributed by atoms with E-state index in [-0.39, 0.29) is 0 Å². The first-order valence-corrected chi connectivity index (χ1v) is 7.52. The Morgan fingerprint density at radius 3 is 3.15 bits per heavy atom. The van der Waals surface area contributed by atoms with Gasteiger partial charge in [-0.2, -0.15) is 0 Å². The van der Waals surface area contributed by atoms with Crippen LogP contribution >= 0.6 is 11.3 Å². The van der Waals surface area contributed by atoms with Gasteiger partial charge in [0.25, 0.3) is 0 Å². The average molecular weight is 287 g/mol. The predicted molar refractivity (Wildman–Crippen MR) is 75.4 cm³/mol. The molecule has 0 spiro atoms. The molecule has 0 saturated heterocycles. The summed E-state index contributed by atoms with van der Waals surface area (Å²) in [6, 6.07) is 6.11. The van der Waals surface area contributed by atoms with Crippen LogP contribution in [0, 0.1) is 0 Å². The van der Waals surface area contributed by atoms with Crippen LogP contribution in [0.25, 0.3) is 10.6 Å². The van der Waals surface area contributed by atoms with Crippen LogP contribution in [0.3, 0.4) is 0 Å². The lowest BCUT2D eigenvalue weighted by atomic mass is 10.1. The van der Waals surface area contributed by atoms with Crippen LogP contribution in [0.15, 0.2) is 18.2 Å². The van der Waals surface area contributed by atoms with E-state index in [1.54, 1.807) is 11.3 Å². The van der Waals surface area contributed by atoms with E-state index in [0.29, 0.717) is 6.42 Å². The number of hydrogen-bond acceptors (Lipinski definition) is 4. The summed E-state index contributed by atoms with van der Waals surface area (Å²) in [7, 11) is 0. The summed E-state index contributed by atoms with van der Waals surface area (Å²) in [5.74, 6) is -0.225. The third-order valence-electron chi connectivity index (χ3n) is 3.95. The highest BCUT2D eigenvalue weighted by molar-refractivity contribution is 7.15. The minimum Gasteiger partial charge on any atom is -0.493 e. The van der Waals surface area contributed by atoms with E-state index in [9.17, 15) is 9.90 Å². The second-order valence-electron chi connectivity index (χ2n) is 5.18. The maximum absolute atomic E-state index is 11.2. The number of thiazole rings is 1. The highest BCUT2D eigenvalue weighted by atomic mass is 32.1. The van der Waals surface area contributed by atoms with Crippen molar-refractivity contribution in [2.24, 2.45) is 0 Å². The Balaban J connectivity index is 1.74. The molecule has 4 rings (SSSR count). The van der Waals surface area contributed by atoms with Gasteiger partial charge in [-0.25, -0.2) is 4.98 Å². The Hall–Kier alpha value is -1.88. The lowest BCUT2D eigenvalue weighted by molar-refractivity contribution is -0.138. The molecule has 0 saturated carbocycles. The summed E-state index contributed by atoms with van der Waals surface area (Å²) >= 11 is 1.63. The number of nitrogens with zero attached hydrogens (tertiary/aromatic N) is 1. The van der Waals surface area contributed by atoms with Crippen molar-refractivity contribution in [2.75, 3.05) is 6.61 Å². The number of carbonyl (C=O) groups is 1. The van der Waals surface area contributed by atoms with E-state index in [0.717, 1.165) is 46.3 Å². The Morgan fingerprint density at radius 1 is 1.40 bits per heavy atom. The summed E-state index contributed by atoms with van der Waals surface area (Å²) in [6.07, 6.45) is 2.45. The van der Waals surface area contributed by atoms with Crippen molar-refractivity contribution in [2.45, 2.75) is 25.2 Å². The van der Waals surface area contributed by atoms with Crippen molar-refractivity contribution in [1.82, 2.24) is 4.98 Å². The molecule has 1 unspecified atom stereocenters. The van der Waals surface area contributed by atoms with Gasteiger partial charge in [0.15, 0.2) is 0 Å². The van der Waals surface area contributed by atoms with Crippen LogP contribution in [-0.2, 0) is 17.6 Å². The Kier molecular flexibility index (Phi) is 2.57. The molecule has 0 amide bonds. The fourth-order valence-electron chi connectivity index (χ4n) is 2.91. The predicted octanol–water partition coefficient (Wildman–Crippen LogP) is 2.86. The Labute approximate surface area is 120 Å². The van der Waals surface area contributed by atoms with Gasteiger partial charge in [0, 0.05) is 16.9 Å². The molecule has 2 heterocycles. The van der Waals surface area contributed by atoms with Crippen LogP contribution in [0.5, 0.6) is 5.75 Å². The maximum Gasteiger partial charge on any atom is 0.312 e. The molecular formula is C15H13NO3S. The molecule has 20 heavy (non-hydrogen) atoms. The largest absolute Gasteiger partial charge is 0.493 e. The van der Waals surface area contributed by atoms with Gasteiger partial charge in [0.05, 0.1) is 12.3 Å². The van der Waals surface area contributed by atoms with Crippen LogP contribution in [0.4, 0.5) is 0 Å². The number of ether oxygens (including phenoxy) is 1. The zero-order valence-corrected chi connectivity index (χ0v) is 11.6. The molecule has 0 fully saturated rings. The zero-order chi connectivity index (χ0) is 13.7. The van der Waals surface area contributed by atoms with Gasteiger partial charge in [0.2, 0.25) is 0 Å². The zero-order valence-electron chi connectivity index (χ0n) is 10.8. The number of rotatable bonds is 2. The summed E-state index contributed by atoms with van der Waals surface area (Å²) in [4.78, 5) is 16.9. The number of aryl methyl sites for hydroxylation is 1. The average Bonchev–Trinajstić information content (AvgIpc) is 3.11. The summed E-state index contributed by atoms with van der Waals surface area (Å²) in [5, 5.41) is 10.1. The molecule has 1 aromatic heterocycles. The van der Waals surface area contributed by atoms with E-state index >= 15 is 0 Å². The van der Waals surface area contributed by atoms with Gasteiger partial charge in [-0.1, -0.05) is 0 Å². The van der Waals surface area contributed by atoms with Crippen molar-refractivity contribution in [3.63, 3.8) is 0 Å². The molecule has 102 valence electrons. The third kappa shape index (κ3) is 1.73. The third-order valence-corrected chi connectivity index (χ3v) is 5.13. The molecule has 5 heteroatoms. The number of hydrogen-bond donors (Lipinski definition) is 1. The van der Waals surface area contributed by atoms with Gasteiger partial charge in [0.1, 0.15) is 16.7 Å². The first kappa shape index (κ1) is 11.9. The van der Waals surface area contributed by atoms with Gasteiger partial charge in [-0.05, 0) is 36.6 Å². The topological polar surface area (TPSA) is 59.4 Å². The number of benzene rings is 1. The molecule has 1 aliphatic heterocycles. The number of aliphatic carboxylic acids is 1. The first-order valence-electron chi connectivity index (χ1n) is 6.71. The minimum absolute atomic E-state index is 0.423. The van der Waals surface area contributed by atoms with Crippen LogP contribution < -0.4 is 4.74 Å². The van der Waals surface area contributed by atoms with Crippen molar-refractivity contribution in [1.29, 1.82) is 0 Å². The van der Waals surface area contributed by atoms with Crippen molar-refractivity contribution >= 4 is 17.3 Å². The smallest absolute Gasteiger partial charge is 0.312 e. The van der Waals surface area contributed by atoms with Crippen LogP contribution in [0.2, 0.25) is 0 Å². The van der Waals surface area contributed by atoms with Gasteiger partial charge in [-0.3, -0.25) is 4.79 Å². The molecule has 1 aliphatic carbocycles. The fourth-order valence-corrected chi connectivity index (χ4v) is 4.05. The highest BCUT2D eigenvalue weighted by Crippen LogP contribution is 2.40. The summed E-state index contributed by atoms with van der Waals surface area (Å²) < 4.78 is 5.50. The quantitative estimate of drug-likeness (QED) is 0.922. The molecule has 1 atom stereocenters. The molecule has 0 bridgehead atoms. The second kappa shape index (κ2) is 4.31. The molecule has 1 N–H and O–H groups in total. The molecule has 4 nitrogen and oxygen atoms in total. The minimum atomic E-state index is -0.761. The summed E-state index contributed by atoms with van der Waals surface area (Å²) in [6.45, 7) is 0.744. The van der Waals surface area contributed by atoms with E-state index < -0.39 is 11.9 Å². The lowest BCUT2D eigenvalue weighted by Gasteiger charge is -2.03. The molecule has 2 aromatic rings. The van der Waals surface area contributed by atoms with Crippen molar-refractivity contribution in [3.05, 3.63) is 34.3 Å². The highest BCUT2D eigenvalue weighted by Gasteiger charge is 2.32. The lowest BCUT2D eigenvalue weighted by Crippen LogP contribution is -2.08. The Bertz CT molecular complexity index is 707. The maximum atomic E-state index is 11.2. The van der Waals surface area contributed by atoms with Gasteiger partial charge >= 0.3 is 5.97 Å². The normalized spacial score (nSPS) is 19.5. The number of carboxylic acids is 1. The second-order valence-corrected chi connectivity index (χ2v) is 6.26. The van der Waals surface area contributed by atoms with E-state index in [1.165, 1.54) is 5.56 Å². The number of aromatic nitrogens is 1. The summed E-state index contributed by atoms with van der Waals surface area (Å²) in [5.41, 5.74) is 3.06. The van der Waals surface area contributed by atoms with Gasteiger partial charge in [-0.15, -0.1) is 11.3 Å². The van der Waals surface area contributed by atoms with Crippen molar-refractivity contribution in [3.8, 4) is 16.3 Å². The number of carboxylic acid groups (broad SMARTS) is 1. The number of fused-ring (bicyclic) bond motifs is 2. The fraction of sp³-hybridized carbons (Fsp3) is 0.333. The van der Waals surface area contributed by atoms with E-state index in [4.69, 9.17) is 4.74 Å². The van der Waals surface area contributed by atoms with Crippen LogP contribution in [-0.4, -0.2) is 22.7 Å². The molecule has 2 aliphatic rings. The van der Waals surface area contributed by atoms with E-state index in [1.807, 2.05) is 12.1 Å². The molecular weight excluding hydrogens is 274 g/mol. The standard InChI is InChI=1S/C15H13NO3S/c17-15(18)10-2-4-12-13(10)16-14(20-12)9-1-3-11-8(7-9)5-6-19-11/h1,3,7,10H,2,4-6H2,(H,17,18). The first-order chi connectivity index (χ1) is 9.72. The molecule has 1 aromatic carbocycles. The van der Waals surface area contributed by atoms with Gasteiger partial charge < -0.3 is 9.84 Å². The SMILES string of the molecule is O=C(O)C1CCc2sc(-c3ccc4c(c3)CCO4)nc21. The monoisotopic (exact) mass is 287 g/mol. The van der Waals surface area contributed by atoms with Crippen LogP contribution in [0.1, 0.15) is 28.5 Å². The van der Waals surface area contributed by atoms with Crippen molar-refractivity contribution < 1.29 is 14.6 Å². The Morgan fingerprint density at radius 2 is 2.30 bits per heavy atom. The van der Waals surface area contributed by atoms with E-state index in [2.05, 4.69) is 11.1 Å².